The van der Waals surface area contributed by atoms with E-state index in [2.05, 4.69) is 33.9 Å². The van der Waals surface area contributed by atoms with Crippen molar-refractivity contribution < 1.29 is 18.8 Å². The van der Waals surface area contributed by atoms with Crippen molar-refractivity contribution in [2.75, 3.05) is 7.11 Å². The fourth-order valence-corrected chi connectivity index (χ4v) is 4.29. The van der Waals surface area contributed by atoms with Crippen LogP contribution in [-0.2, 0) is 25.2 Å². The molecular weight excluding hydrogens is 356 g/mol. The van der Waals surface area contributed by atoms with Crippen LogP contribution in [0, 0.1) is 0 Å². The van der Waals surface area contributed by atoms with Crippen molar-refractivity contribution in [2.24, 2.45) is 0 Å². The molecule has 0 N–H and O–H groups in total. The molecular formula is C22H32O4Si. The van der Waals surface area contributed by atoms with E-state index in [1.54, 1.807) is 0 Å². The van der Waals surface area contributed by atoms with Crippen molar-refractivity contribution in [3.63, 3.8) is 0 Å². The summed E-state index contributed by atoms with van der Waals surface area (Å²) in [5.41, 5.74) is 2.81. The van der Waals surface area contributed by atoms with E-state index in [9.17, 15) is 9.59 Å². The molecule has 0 saturated carbocycles. The van der Waals surface area contributed by atoms with Gasteiger partial charge in [-0.05, 0) is 48.2 Å². The van der Waals surface area contributed by atoms with E-state index in [0.29, 0.717) is 19.3 Å². The summed E-state index contributed by atoms with van der Waals surface area (Å²) >= 11 is 0. The van der Waals surface area contributed by atoms with Gasteiger partial charge in [0, 0.05) is 18.4 Å². The number of carbonyl (C=O) groups excluding carboxylic acids is 2. The first-order valence-corrected chi connectivity index (χ1v) is 12.5. The molecule has 0 spiro atoms. The average molecular weight is 389 g/mol. The van der Waals surface area contributed by atoms with E-state index in [1.807, 2.05) is 30.3 Å². The van der Waals surface area contributed by atoms with E-state index >= 15 is 0 Å². The lowest BCUT2D eigenvalue weighted by Gasteiger charge is -2.37. The molecule has 0 radical (unpaired) electrons. The first-order chi connectivity index (χ1) is 12.5. The van der Waals surface area contributed by atoms with E-state index in [0.717, 1.165) is 23.1 Å². The zero-order valence-electron chi connectivity index (χ0n) is 17.4. The van der Waals surface area contributed by atoms with Gasteiger partial charge in [-0.1, -0.05) is 45.0 Å². The molecule has 1 aromatic rings. The zero-order valence-corrected chi connectivity index (χ0v) is 18.4. The highest BCUT2D eigenvalue weighted by molar-refractivity contribution is 6.74. The van der Waals surface area contributed by atoms with Gasteiger partial charge in [-0.15, -0.1) is 0 Å². The van der Waals surface area contributed by atoms with Crippen LogP contribution in [0.1, 0.15) is 51.2 Å². The second-order valence-electron chi connectivity index (χ2n) is 8.71. The van der Waals surface area contributed by atoms with Gasteiger partial charge in [0.15, 0.2) is 14.1 Å². The summed E-state index contributed by atoms with van der Waals surface area (Å²) in [5.74, 6) is -0.0643. The summed E-state index contributed by atoms with van der Waals surface area (Å²) in [7, 11) is -0.526. The number of carbonyl (C=O) groups is 2. The number of benzene rings is 1. The van der Waals surface area contributed by atoms with Crippen LogP contribution < -0.4 is 0 Å². The minimum atomic E-state index is -1.93. The van der Waals surface area contributed by atoms with Crippen molar-refractivity contribution in [3.8, 4) is 0 Å². The van der Waals surface area contributed by atoms with E-state index in [4.69, 9.17) is 9.16 Å². The van der Waals surface area contributed by atoms with Gasteiger partial charge in [-0.3, -0.25) is 9.59 Å². The SMILES string of the molecule is COC(=O)CCCc1ccccc1C1=CC(O[Si](C)(C)C(C)(C)C)CC1=O. The molecule has 0 amide bonds. The van der Waals surface area contributed by atoms with Crippen molar-refractivity contribution in [1.29, 1.82) is 0 Å². The molecule has 0 heterocycles. The summed E-state index contributed by atoms with van der Waals surface area (Å²) in [6.45, 7) is 11.0. The normalized spacial score (nSPS) is 17.8. The molecule has 1 aliphatic carbocycles. The van der Waals surface area contributed by atoms with Crippen molar-refractivity contribution in [3.05, 3.63) is 41.5 Å². The Morgan fingerprint density at radius 1 is 1.22 bits per heavy atom. The minimum absolute atomic E-state index is 0.110. The Balaban J connectivity index is 2.17. The zero-order chi connectivity index (χ0) is 20.2. The standard InChI is InChI=1S/C22H32O4Si/c1-22(2,3)27(5,6)26-17-14-19(20(23)15-17)18-12-8-7-10-16(18)11-9-13-21(24)25-4/h7-8,10,12,14,17H,9,11,13,15H2,1-6H3. The number of rotatable bonds is 7. The molecule has 148 valence electrons. The molecule has 1 unspecified atom stereocenters. The molecule has 4 nitrogen and oxygen atoms in total. The fourth-order valence-electron chi connectivity index (χ4n) is 3.03. The third kappa shape index (κ3) is 5.39. The minimum Gasteiger partial charge on any atom is -0.469 e. The van der Waals surface area contributed by atoms with Crippen LogP contribution in [0.5, 0.6) is 0 Å². The smallest absolute Gasteiger partial charge is 0.305 e. The van der Waals surface area contributed by atoms with Gasteiger partial charge < -0.3 is 9.16 Å². The highest BCUT2D eigenvalue weighted by Gasteiger charge is 2.40. The third-order valence-electron chi connectivity index (χ3n) is 5.65. The second kappa shape index (κ2) is 8.53. The fraction of sp³-hybridized carbons (Fsp3) is 0.545. The van der Waals surface area contributed by atoms with Gasteiger partial charge in [0.05, 0.1) is 13.2 Å². The number of methoxy groups -OCH3 is 1. The lowest BCUT2D eigenvalue weighted by Crippen LogP contribution is -2.43. The largest absolute Gasteiger partial charge is 0.469 e. The molecule has 0 fully saturated rings. The molecule has 1 atom stereocenters. The van der Waals surface area contributed by atoms with Crippen LogP contribution >= 0.6 is 0 Å². The van der Waals surface area contributed by atoms with Crippen molar-refractivity contribution in [2.45, 2.75) is 70.7 Å². The highest BCUT2D eigenvalue weighted by atomic mass is 28.4. The molecule has 0 aliphatic heterocycles. The molecule has 27 heavy (non-hydrogen) atoms. The Bertz CT molecular complexity index is 728. The van der Waals surface area contributed by atoms with Gasteiger partial charge >= 0.3 is 5.97 Å². The molecule has 2 rings (SSSR count). The quantitative estimate of drug-likeness (QED) is 0.491. The number of ketones is 1. The monoisotopic (exact) mass is 388 g/mol. The average Bonchev–Trinajstić information content (AvgIpc) is 2.93. The van der Waals surface area contributed by atoms with E-state index in [1.165, 1.54) is 7.11 Å². The number of hydrogen-bond donors (Lipinski definition) is 0. The molecule has 0 saturated heterocycles. The maximum Gasteiger partial charge on any atom is 0.305 e. The molecule has 0 bridgehead atoms. The van der Waals surface area contributed by atoms with Crippen LogP contribution in [-0.4, -0.2) is 33.3 Å². The first-order valence-electron chi connectivity index (χ1n) is 9.63. The Morgan fingerprint density at radius 2 is 1.89 bits per heavy atom. The summed E-state index contributed by atoms with van der Waals surface area (Å²) in [6.07, 6.45) is 4.10. The number of Topliss-reactive ketones (excluding diaryl/α,β-unsaturated/α-hetero) is 1. The lowest BCUT2D eigenvalue weighted by molar-refractivity contribution is -0.140. The van der Waals surface area contributed by atoms with E-state index in [-0.39, 0.29) is 22.9 Å². The van der Waals surface area contributed by atoms with Crippen LogP contribution in [0.25, 0.3) is 5.57 Å². The second-order valence-corrected chi connectivity index (χ2v) is 13.5. The number of hydrogen-bond acceptors (Lipinski definition) is 4. The van der Waals surface area contributed by atoms with Gasteiger partial charge in [-0.25, -0.2) is 0 Å². The lowest BCUT2D eigenvalue weighted by atomic mass is 9.95. The number of ether oxygens (including phenoxy) is 1. The van der Waals surface area contributed by atoms with Crippen molar-refractivity contribution >= 4 is 25.6 Å². The molecule has 0 aromatic heterocycles. The summed E-state index contributed by atoms with van der Waals surface area (Å²) in [6, 6.07) is 7.95. The van der Waals surface area contributed by atoms with Gasteiger partial charge in [0.2, 0.25) is 0 Å². The highest BCUT2D eigenvalue weighted by Crippen LogP contribution is 2.39. The van der Waals surface area contributed by atoms with E-state index < -0.39 is 8.32 Å². The maximum atomic E-state index is 12.7. The number of esters is 1. The Labute approximate surface area is 164 Å². The molecule has 1 aromatic carbocycles. The molecule has 1 aliphatic rings. The Morgan fingerprint density at radius 3 is 2.52 bits per heavy atom. The van der Waals surface area contributed by atoms with Gasteiger partial charge in [-0.2, -0.15) is 0 Å². The van der Waals surface area contributed by atoms with Crippen molar-refractivity contribution in [1.82, 2.24) is 0 Å². The Hall–Kier alpha value is -1.72. The summed E-state index contributed by atoms with van der Waals surface area (Å²) in [5, 5.41) is 0.110. The van der Waals surface area contributed by atoms with Crippen LogP contribution in [0.15, 0.2) is 30.3 Å². The maximum absolute atomic E-state index is 12.7. The number of aryl methyl sites for hydroxylation is 1. The third-order valence-corrected chi connectivity index (χ3v) is 10.2. The predicted octanol–water partition coefficient (Wildman–Crippen LogP) is 4.93. The Kier molecular flexibility index (Phi) is 6.81. The number of allylic oxidation sites excluding steroid dienone is 1. The van der Waals surface area contributed by atoms with Crippen LogP contribution in [0.4, 0.5) is 0 Å². The summed E-state index contributed by atoms with van der Waals surface area (Å²) < 4.78 is 11.1. The molecule has 5 heteroatoms. The first kappa shape index (κ1) is 21.6. The van der Waals surface area contributed by atoms with Crippen LogP contribution in [0.2, 0.25) is 18.1 Å². The van der Waals surface area contributed by atoms with Crippen LogP contribution in [0.3, 0.4) is 0 Å². The van der Waals surface area contributed by atoms with Gasteiger partial charge in [0.1, 0.15) is 0 Å². The van der Waals surface area contributed by atoms with Gasteiger partial charge in [0.25, 0.3) is 0 Å². The topological polar surface area (TPSA) is 52.6 Å². The predicted molar refractivity (Wildman–Crippen MR) is 111 cm³/mol. The summed E-state index contributed by atoms with van der Waals surface area (Å²) in [4.78, 5) is 24.0.